The van der Waals surface area contributed by atoms with Crippen LogP contribution in [0.5, 0.6) is 0 Å². The van der Waals surface area contributed by atoms with Gasteiger partial charge in [0, 0.05) is 18.8 Å². The molecule has 3 atom stereocenters. The molecule has 8 heteroatoms. The summed E-state index contributed by atoms with van der Waals surface area (Å²) < 4.78 is 7.17. The number of ether oxygens (including phenoxy) is 1. The van der Waals surface area contributed by atoms with Gasteiger partial charge in [0.05, 0.1) is 19.0 Å². The number of aliphatic hydroxyl groups excluding tert-OH is 2. The predicted octanol–water partition coefficient (Wildman–Crippen LogP) is -0.504. The van der Waals surface area contributed by atoms with E-state index in [1.165, 1.54) is 0 Å². The first-order valence-electron chi connectivity index (χ1n) is 5.97. The number of nitrogens with one attached hydrogen (secondary N) is 1. The molecule has 2 aromatic rings. The summed E-state index contributed by atoms with van der Waals surface area (Å²) in [5, 5.41) is 18.8. The topological polar surface area (TPSA) is 122 Å². The van der Waals surface area contributed by atoms with Gasteiger partial charge in [-0.1, -0.05) is 0 Å². The summed E-state index contributed by atoms with van der Waals surface area (Å²) >= 11 is 0. The minimum Gasteiger partial charge on any atom is -0.394 e. The summed E-state index contributed by atoms with van der Waals surface area (Å²) in [6.45, 7) is -0.225. The molecular formula is C11H15N5O3. The van der Waals surface area contributed by atoms with E-state index in [1.54, 1.807) is 23.3 Å². The van der Waals surface area contributed by atoms with Crippen molar-refractivity contribution in [2.45, 2.75) is 24.9 Å². The maximum Gasteiger partial charge on any atom is 0.159 e. The van der Waals surface area contributed by atoms with Crippen LogP contribution < -0.4 is 5.73 Å². The van der Waals surface area contributed by atoms with Gasteiger partial charge in [-0.05, 0) is 0 Å². The number of hydrogen-bond acceptors (Lipinski definition) is 6. The van der Waals surface area contributed by atoms with Crippen molar-refractivity contribution >= 4 is 5.82 Å². The number of aromatic nitrogens is 4. The van der Waals surface area contributed by atoms with E-state index >= 15 is 0 Å². The Labute approximate surface area is 108 Å². The molecule has 8 nitrogen and oxygen atoms in total. The number of anilines is 1. The highest BCUT2D eigenvalue weighted by atomic mass is 16.5. The molecule has 19 heavy (non-hydrogen) atoms. The zero-order chi connectivity index (χ0) is 13.4. The number of hydrogen-bond donors (Lipinski definition) is 4. The Balaban J connectivity index is 1.87. The van der Waals surface area contributed by atoms with Crippen molar-refractivity contribution in [2.24, 2.45) is 0 Å². The molecule has 102 valence electrons. The van der Waals surface area contributed by atoms with Gasteiger partial charge in [-0.15, -0.1) is 0 Å². The third-order valence-corrected chi connectivity index (χ3v) is 3.25. The number of H-pyrrole nitrogens is 1. The molecule has 5 N–H and O–H groups in total. The van der Waals surface area contributed by atoms with Gasteiger partial charge in [-0.25, -0.2) is 9.97 Å². The van der Waals surface area contributed by atoms with E-state index in [2.05, 4.69) is 15.0 Å². The van der Waals surface area contributed by atoms with Crippen LogP contribution in [0.1, 0.15) is 12.6 Å². The summed E-state index contributed by atoms with van der Waals surface area (Å²) in [7, 11) is 0. The highest BCUT2D eigenvalue weighted by Gasteiger charge is 2.35. The number of nitrogen functional groups attached to an aromatic ring is 1. The Morgan fingerprint density at radius 2 is 2.37 bits per heavy atom. The van der Waals surface area contributed by atoms with Gasteiger partial charge in [0.15, 0.2) is 5.82 Å². The second kappa shape index (κ2) is 4.65. The molecule has 0 spiro atoms. The quantitative estimate of drug-likeness (QED) is 0.593. The van der Waals surface area contributed by atoms with E-state index in [4.69, 9.17) is 15.6 Å². The molecule has 1 aliphatic heterocycles. The van der Waals surface area contributed by atoms with E-state index in [-0.39, 0.29) is 6.61 Å². The molecule has 0 radical (unpaired) electrons. The molecule has 1 saturated heterocycles. The lowest BCUT2D eigenvalue weighted by Gasteiger charge is -2.14. The third kappa shape index (κ3) is 1.99. The van der Waals surface area contributed by atoms with Crippen molar-refractivity contribution < 1.29 is 14.9 Å². The summed E-state index contributed by atoms with van der Waals surface area (Å²) in [4.78, 5) is 11.2. The Hall–Kier alpha value is -1.90. The van der Waals surface area contributed by atoms with Crippen molar-refractivity contribution in [1.82, 2.24) is 19.5 Å². The summed E-state index contributed by atoms with van der Waals surface area (Å²) in [6, 6.07) is 0. The number of aliphatic hydroxyl groups is 2. The maximum absolute atomic E-state index is 9.72. The van der Waals surface area contributed by atoms with Gasteiger partial charge < -0.3 is 25.7 Å². The Morgan fingerprint density at radius 3 is 3.00 bits per heavy atom. The fourth-order valence-electron chi connectivity index (χ4n) is 2.23. The number of aromatic amines is 1. The smallest absolute Gasteiger partial charge is 0.159 e. The fourth-order valence-corrected chi connectivity index (χ4v) is 2.23. The minimum absolute atomic E-state index is 0.225. The van der Waals surface area contributed by atoms with Crippen molar-refractivity contribution in [2.75, 3.05) is 12.3 Å². The largest absolute Gasteiger partial charge is 0.394 e. The standard InChI is InChI=1S/C11H15N5O3/c12-10-9(11-13-1-2-14-11)15-5-16(10)8-3-6(18)7(4-17)19-8/h1-2,5-8,17-18H,3-4,12H2,(H,13,14)/t6-,7-,8-/m1/s1. The van der Waals surface area contributed by atoms with E-state index < -0.39 is 18.4 Å². The normalized spacial score (nSPS) is 26.9. The van der Waals surface area contributed by atoms with E-state index in [9.17, 15) is 5.11 Å². The molecular weight excluding hydrogens is 250 g/mol. The molecule has 0 unspecified atom stereocenters. The van der Waals surface area contributed by atoms with Crippen LogP contribution in [0.3, 0.4) is 0 Å². The number of nitrogens with zero attached hydrogens (tertiary/aromatic N) is 3. The number of rotatable bonds is 3. The fraction of sp³-hybridized carbons (Fsp3) is 0.455. The summed E-state index contributed by atoms with van der Waals surface area (Å²) in [5.41, 5.74) is 6.56. The second-order valence-electron chi connectivity index (χ2n) is 4.44. The Kier molecular flexibility index (Phi) is 2.97. The SMILES string of the molecule is Nc1c(-c2ncc[nH]2)ncn1[C@H]1C[C@@H](O)[C@@H](CO)O1. The van der Waals surface area contributed by atoms with E-state index in [1.807, 2.05) is 0 Å². The van der Waals surface area contributed by atoms with Gasteiger partial charge in [-0.2, -0.15) is 0 Å². The predicted molar refractivity (Wildman–Crippen MR) is 65.8 cm³/mol. The first kappa shape index (κ1) is 12.2. The molecule has 2 aromatic heterocycles. The van der Waals surface area contributed by atoms with Crippen LogP contribution in [0, 0.1) is 0 Å². The van der Waals surface area contributed by atoms with Crippen LogP contribution in [0.2, 0.25) is 0 Å². The molecule has 3 rings (SSSR count). The van der Waals surface area contributed by atoms with E-state index in [0.29, 0.717) is 23.8 Å². The average molecular weight is 265 g/mol. The number of imidazole rings is 2. The molecule has 0 aliphatic carbocycles. The Morgan fingerprint density at radius 1 is 1.53 bits per heavy atom. The van der Waals surface area contributed by atoms with Crippen LogP contribution >= 0.6 is 0 Å². The van der Waals surface area contributed by atoms with Crippen molar-refractivity contribution in [1.29, 1.82) is 0 Å². The number of nitrogens with two attached hydrogens (primary N) is 1. The van der Waals surface area contributed by atoms with Crippen LogP contribution in [0.4, 0.5) is 5.82 Å². The minimum atomic E-state index is -0.705. The monoisotopic (exact) mass is 265 g/mol. The third-order valence-electron chi connectivity index (χ3n) is 3.25. The average Bonchev–Trinajstić information content (AvgIpc) is 3.08. The van der Waals surface area contributed by atoms with Gasteiger partial charge in [-0.3, -0.25) is 4.57 Å². The second-order valence-corrected chi connectivity index (χ2v) is 4.44. The summed E-state index contributed by atoms with van der Waals surface area (Å²) in [5.74, 6) is 0.985. The Bertz CT molecular complexity index is 553. The van der Waals surface area contributed by atoms with E-state index in [0.717, 1.165) is 0 Å². The first-order chi connectivity index (χ1) is 9.20. The van der Waals surface area contributed by atoms with Gasteiger partial charge in [0.25, 0.3) is 0 Å². The van der Waals surface area contributed by atoms with Crippen LogP contribution in [0.15, 0.2) is 18.7 Å². The van der Waals surface area contributed by atoms with Gasteiger partial charge >= 0.3 is 0 Å². The van der Waals surface area contributed by atoms with Gasteiger partial charge in [0.2, 0.25) is 0 Å². The maximum atomic E-state index is 9.72. The van der Waals surface area contributed by atoms with Crippen LogP contribution in [0.25, 0.3) is 11.5 Å². The van der Waals surface area contributed by atoms with Crippen molar-refractivity contribution in [3.63, 3.8) is 0 Å². The zero-order valence-electron chi connectivity index (χ0n) is 10.1. The lowest BCUT2D eigenvalue weighted by atomic mass is 10.2. The molecule has 1 fully saturated rings. The zero-order valence-corrected chi connectivity index (χ0v) is 10.1. The molecule has 0 saturated carbocycles. The van der Waals surface area contributed by atoms with Crippen LogP contribution in [-0.4, -0.2) is 48.5 Å². The molecule has 0 bridgehead atoms. The summed E-state index contributed by atoms with van der Waals surface area (Å²) in [6.07, 6.45) is 3.50. The highest BCUT2D eigenvalue weighted by Crippen LogP contribution is 2.32. The lowest BCUT2D eigenvalue weighted by Crippen LogP contribution is -2.24. The van der Waals surface area contributed by atoms with Crippen LogP contribution in [-0.2, 0) is 4.74 Å². The molecule has 0 amide bonds. The van der Waals surface area contributed by atoms with Gasteiger partial charge in [0.1, 0.15) is 23.8 Å². The molecule has 3 heterocycles. The highest BCUT2D eigenvalue weighted by molar-refractivity contribution is 5.64. The molecule has 0 aromatic carbocycles. The molecule has 1 aliphatic rings. The van der Waals surface area contributed by atoms with Crippen molar-refractivity contribution in [3.05, 3.63) is 18.7 Å². The first-order valence-corrected chi connectivity index (χ1v) is 5.97. The van der Waals surface area contributed by atoms with Crippen molar-refractivity contribution in [3.8, 4) is 11.5 Å². The lowest BCUT2D eigenvalue weighted by molar-refractivity contribution is -0.0436.